The van der Waals surface area contributed by atoms with E-state index in [4.69, 9.17) is 5.73 Å². The number of aryl methyl sites for hydroxylation is 2. The molecule has 0 aromatic carbocycles. The summed E-state index contributed by atoms with van der Waals surface area (Å²) in [7, 11) is 1.88. The van der Waals surface area contributed by atoms with Gasteiger partial charge in [-0.3, -0.25) is 4.68 Å². The van der Waals surface area contributed by atoms with E-state index >= 15 is 0 Å². The van der Waals surface area contributed by atoms with Crippen LogP contribution in [0.15, 0.2) is 55.2 Å². The monoisotopic (exact) mass is 426 g/mol. The molecule has 0 bridgehead atoms. The van der Waals surface area contributed by atoms with Crippen LogP contribution in [0.25, 0.3) is 0 Å². The van der Waals surface area contributed by atoms with E-state index in [0.29, 0.717) is 11.6 Å². The van der Waals surface area contributed by atoms with Gasteiger partial charge in [0, 0.05) is 42.8 Å². The average molecular weight is 427 g/mol. The number of hydrogen-bond donors (Lipinski definition) is 3. The van der Waals surface area contributed by atoms with Gasteiger partial charge in [0.05, 0.1) is 11.7 Å². The number of nitrogens with two attached hydrogens (primary N) is 1. The molecular weight excluding hydrogens is 384 g/mol. The molecule has 0 saturated heterocycles. The van der Waals surface area contributed by atoms with Crippen LogP contribution in [0.1, 0.15) is 69.9 Å². The van der Waals surface area contributed by atoms with Crippen LogP contribution in [0.5, 0.6) is 0 Å². The lowest BCUT2D eigenvalue weighted by atomic mass is 9.94. The van der Waals surface area contributed by atoms with Crippen molar-refractivity contribution in [2.45, 2.75) is 76.7 Å². The molecule has 31 heavy (non-hydrogen) atoms. The second kappa shape index (κ2) is 13.7. The highest BCUT2D eigenvalue weighted by Gasteiger charge is 2.17. The Balaban J connectivity index is 1.65. The van der Waals surface area contributed by atoms with Crippen molar-refractivity contribution in [3.05, 3.63) is 60.9 Å². The number of nitrogens with zero attached hydrogens (tertiary/aromatic N) is 3. The van der Waals surface area contributed by atoms with Gasteiger partial charge in [-0.1, -0.05) is 49.9 Å². The molecule has 6 nitrogen and oxygen atoms in total. The molecule has 1 aliphatic carbocycles. The molecule has 1 heterocycles. The third-order valence-corrected chi connectivity index (χ3v) is 5.94. The number of unbranched alkanes of at least 4 members (excludes halogenated alkanes) is 1. The summed E-state index contributed by atoms with van der Waals surface area (Å²) >= 11 is 0. The van der Waals surface area contributed by atoms with Crippen molar-refractivity contribution >= 4 is 0 Å². The molecule has 2 rings (SSSR count). The molecule has 2 atom stereocenters. The number of nitrogens with one attached hydrogen (secondary N) is 2. The Morgan fingerprint density at radius 3 is 2.81 bits per heavy atom. The lowest BCUT2D eigenvalue weighted by Gasteiger charge is -2.26. The minimum absolute atomic E-state index is 0.0870. The molecule has 172 valence electrons. The number of allylic oxidation sites excluding steroid dienone is 4. The Morgan fingerprint density at radius 1 is 1.23 bits per heavy atom. The summed E-state index contributed by atoms with van der Waals surface area (Å²) in [5.74, 6) is 0.482. The van der Waals surface area contributed by atoms with Crippen LogP contribution in [0.4, 0.5) is 0 Å². The second-order valence-electron chi connectivity index (χ2n) is 8.75. The fourth-order valence-corrected chi connectivity index (χ4v) is 3.95. The van der Waals surface area contributed by atoms with Gasteiger partial charge in [-0.15, -0.1) is 5.10 Å². The summed E-state index contributed by atoms with van der Waals surface area (Å²) in [5.41, 5.74) is 9.95. The second-order valence-corrected chi connectivity index (χ2v) is 8.75. The molecule has 6 heteroatoms. The zero-order valence-electron chi connectivity index (χ0n) is 19.4. The molecule has 0 spiro atoms. The van der Waals surface area contributed by atoms with E-state index in [1.165, 1.54) is 32.1 Å². The summed E-state index contributed by atoms with van der Waals surface area (Å²) < 4.78 is 1.73. The predicted octanol–water partition coefficient (Wildman–Crippen LogP) is 4.49. The molecule has 1 unspecified atom stereocenters. The molecule has 1 aromatic rings. The van der Waals surface area contributed by atoms with Gasteiger partial charge in [0.1, 0.15) is 0 Å². The Hall–Kier alpha value is -2.50. The third kappa shape index (κ3) is 9.90. The van der Waals surface area contributed by atoms with Gasteiger partial charge in [0.25, 0.3) is 0 Å². The van der Waals surface area contributed by atoms with Crippen molar-refractivity contribution in [1.29, 1.82) is 0 Å². The van der Waals surface area contributed by atoms with Crippen LogP contribution in [-0.2, 0) is 13.5 Å². The number of hydrogen-bond acceptors (Lipinski definition) is 5. The molecule has 0 aliphatic heterocycles. The Labute approximate surface area is 188 Å². The van der Waals surface area contributed by atoms with Crippen molar-refractivity contribution in [1.82, 2.24) is 25.6 Å². The topological polar surface area (TPSA) is 80.8 Å². The Bertz CT molecular complexity index is 732. The highest BCUT2D eigenvalue weighted by molar-refractivity contribution is 5.10. The van der Waals surface area contributed by atoms with Crippen LogP contribution in [0, 0.1) is 5.92 Å². The van der Waals surface area contributed by atoms with Crippen LogP contribution in [-0.4, -0.2) is 27.6 Å². The van der Waals surface area contributed by atoms with Gasteiger partial charge < -0.3 is 16.4 Å². The quantitative estimate of drug-likeness (QED) is 0.320. The van der Waals surface area contributed by atoms with E-state index in [9.17, 15) is 0 Å². The molecule has 0 amide bonds. The van der Waals surface area contributed by atoms with E-state index in [1.54, 1.807) is 4.68 Å². The summed E-state index contributed by atoms with van der Waals surface area (Å²) in [6.07, 6.45) is 18.7. The normalized spacial score (nSPS) is 18.8. The number of aromatic nitrogens is 3. The summed E-state index contributed by atoms with van der Waals surface area (Å²) in [5, 5.41) is 15.1. The highest BCUT2D eigenvalue weighted by atomic mass is 15.4. The van der Waals surface area contributed by atoms with Crippen LogP contribution < -0.4 is 16.4 Å². The van der Waals surface area contributed by atoms with Crippen LogP contribution in [0.3, 0.4) is 0 Å². The van der Waals surface area contributed by atoms with E-state index in [2.05, 4.69) is 52.8 Å². The molecule has 0 radical (unpaired) electrons. The first-order valence-corrected chi connectivity index (χ1v) is 11.8. The molecule has 4 N–H and O–H groups in total. The summed E-state index contributed by atoms with van der Waals surface area (Å²) in [6.45, 7) is 13.4. The smallest absolute Gasteiger partial charge is 0.0830 e. The predicted molar refractivity (Wildman–Crippen MR) is 130 cm³/mol. The van der Waals surface area contributed by atoms with Gasteiger partial charge in [-0.25, -0.2) is 0 Å². The maximum atomic E-state index is 6.10. The van der Waals surface area contributed by atoms with Crippen molar-refractivity contribution in [2.75, 3.05) is 6.54 Å². The third-order valence-electron chi connectivity index (χ3n) is 5.94. The van der Waals surface area contributed by atoms with Crippen LogP contribution >= 0.6 is 0 Å². The Morgan fingerprint density at radius 2 is 2.06 bits per heavy atom. The standard InChI is InChI=1S/C25H42N6/c1-20(16-17-24-19-31(4)30-29-24)27-18-12-11-15-25(21(2)26)28-22(3)23-13-9-7-5-6-8-10-14-23/h7,9,19,23,25,27-28H,1-3,5-6,8,10-18,26H2,4H3/b9-7-/t23?,25-/m0/s1. The van der Waals surface area contributed by atoms with Crippen molar-refractivity contribution in [3.8, 4) is 0 Å². The first-order chi connectivity index (χ1) is 15.0. The van der Waals surface area contributed by atoms with E-state index < -0.39 is 0 Å². The Kier molecular flexibility index (Phi) is 11.0. The zero-order chi connectivity index (χ0) is 22.5. The minimum atomic E-state index is 0.0870. The lowest BCUT2D eigenvalue weighted by Crippen LogP contribution is -2.35. The summed E-state index contributed by atoms with van der Waals surface area (Å²) in [6, 6.07) is 0.0870. The molecular formula is C25H42N6. The van der Waals surface area contributed by atoms with E-state index in [0.717, 1.165) is 62.2 Å². The SMILES string of the molecule is C=C(CCc1cn(C)nn1)NCCCC[C@H](NC(=C)C1C/C=C\CCCCC1)C(=C)N. The fourth-order valence-electron chi connectivity index (χ4n) is 3.95. The summed E-state index contributed by atoms with van der Waals surface area (Å²) in [4.78, 5) is 0. The van der Waals surface area contributed by atoms with E-state index in [-0.39, 0.29) is 6.04 Å². The van der Waals surface area contributed by atoms with Gasteiger partial charge in [0.2, 0.25) is 0 Å². The van der Waals surface area contributed by atoms with Gasteiger partial charge in [-0.2, -0.15) is 0 Å². The highest BCUT2D eigenvalue weighted by Crippen LogP contribution is 2.24. The molecule has 1 aliphatic rings. The first-order valence-electron chi connectivity index (χ1n) is 11.8. The van der Waals surface area contributed by atoms with Gasteiger partial charge >= 0.3 is 0 Å². The maximum Gasteiger partial charge on any atom is 0.0830 e. The fraction of sp³-hybridized carbons (Fsp3) is 0.600. The van der Waals surface area contributed by atoms with Gasteiger partial charge in [0.15, 0.2) is 0 Å². The average Bonchev–Trinajstić information content (AvgIpc) is 3.21. The number of rotatable bonds is 13. The van der Waals surface area contributed by atoms with E-state index in [1.807, 2.05) is 13.2 Å². The zero-order valence-corrected chi connectivity index (χ0v) is 19.4. The van der Waals surface area contributed by atoms with Gasteiger partial charge in [-0.05, 0) is 57.8 Å². The molecule has 0 fully saturated rings. The molecule has 1 aromatic heterocycles. The van der Waals surface area contributed by atoms with Crippen LogP contribution in [0.2, 0.25) is 0 Å². The largest absolute Gasteiger partial charge is 0.401 e. The van der Waals surface area contributed by atoms with Crippen molar-refractivity contribution in [3.63, 3.8) is 0 Å². The maximum absolute atomic E-state index is 6.10. The molecule has 0 saturated carbocycles. The first kappa shape index (κ1) is 24.8. The van der Waals surface area contributed by atoms with Crippen molar-refractivity contribution < 1.29 is 0 Å². The minimum Gasteiger partial charge on any atom is -0.401 e. The van der Waals surface area contributed by atoms with Crippen molar-refractivity contribution in [2.24, 2.45) is 18.7 Å². The lowest BCUT2D eigenvalue weighted by molar-refractivity contribution is 0.459.